The first-order chi connectivity index (χ1) is 18.7. The van der Waals surface area contributed by atoms with Crippen molar-refractivity contribution in [1.29, 1.82) is 0 Å². The maximum absolute atomic E-state index is 14.2. The molecular weight excluding hydrogens is 490 g/mol. The molecule has 2 aromatic rings. The molecule has 2 unspecified atom stereocenters. The number of hydrogen-bond acceptors (Lipinski definition) is 4. The predicted octanol–water partition coefficient (Wildman–Crippen LogP) is 3.29. The van der Waals surface area contributed by atoms with Gasteiger partial charge in [-0.1, -0.05) is 48.5 Å². The van der Waals surface area contributed by atoms with Gasteiger partial charge in [0.05, 0.1) is 17.4 Å². The van der Waals surface area contributed by atoms with Gasteiger partial charge in [0, 0.05) is 37.4 Å². The van der Waals surface area contributed by atoms with Gasteiger partial charge in [-0.05, 0) is 70.2 Å². The second kappa shape index (κ2) is 11.0. The number of rotatable bonds is 7. The number of fused-ring (bicyclic) bond motifs is 1. The van der Waals surface area contributed by atoms with Crippen molar-refractivity contribution in [3.05, 3.63) is 65.7 Å². The van der Waals surface area contributed by atoms with Gasteiger partial charge in [-0.25, -0.2) is 4.79 Å². The molecule has 3 atom stereocenters. The normalized spacial score (nSPS) is 23.7. The van der Waals surface area contributed by atoms with Crippen molar-refractivity contribution >= 4 is 23.5 Å². The molecule has 0 aromatic heterocycles. The van der Waals surface area contributed by atoms with Gasteiger partial charge in [0.1, 0.15) is 0 Å². The fraction of sp³-hybridized carbons (Fsp3) is 0.516. The number of urea groups is 1. The highest BCUT2D eigenvalue weighted by Crippen LogP contribution is 2.43. The van der Waals surface area contributed by atoms with E-state index in [0.29, 0.717) is 26.1 Å². The molecule has 2 saturated heterocycles. The molecule has 3 N–H and O–H groups in total. The van der Waals surface area contributed by atoms with E-state index >= 15 is 0 Å². The van der Waals surface area contributed by atoms with E-state index in [9.17, 15) is 14.4 Å². The van der Waals surface area contributed by atoms with Crippen molar-refractivity contribution in [2.24, 2.45) is 11.7 Å². The van der Waals surface area contributed by atoms with Crippen LogP contribution >= 0.6 is 0 Å². The van der Waals surface area contributed by atoms with Crippen LogP contribution in [0.2, 0.25) is 0 Å². The number of likely N-dealkylation sites (N-methyl/N-ethyl adjacent to an activating group) is 1. The minimum atomic E-state index is -0.547. The summed E-state index contributed by atoms with van der Waals surface area (Å²) in [4.78, 5) is 45.6. The highest BCUT2D eigenvalue weighted by atomic mass is 16.2. The van der Waals surface area contributed by atoms with E-state index in [0.717, 1.165) is 36.9 Å². The van der Waals surface area contributed by atoms with E-state index in [4.69, 9.17) is 5.73 Å². The summed E-state index contributed by atoms with van der Waals surface area (Å²) in [6, 6.07) is 17.6. The average Bonchev–Trinajstić information content (AvgIpc) is 3.46. The summed E-state index contributed by atoms with van der Waals surface area (Å²) in [6.45, 7) is 5.72. The minimum absolute atomic E-state index is 0.0146. The van der Waals surface area contributed by atoms with E-state index in [2.05, 4.69) is 17.4 Å². The number of hydrogen-bond donors (Lipinski definition) is 2. The first-order valence-corrected chi connectivity index (χ1v) is 14.2. The quantitative estimate of drug-likeness (QED) is 0.573. The molecule has 3 aliphatic heterocycles. The van der Waals surface area contributed by atoms with E-state index in [1.165, 1.54) is 5.56 Å². The first-order valence-electron chi connectivity index (χ1n) is 14.2. The third kappa shape index (κ3) is 5.02. The maximum atomic E-state index is 14.2. The lowest BCUT2D eigenvalue weighted by atomic mass is 9.86. The van der Waals surface area contributed by atoms with Gasteiger partial charge >= 0.3 is 6.03 Å². The van der Waals surface area contributed by atoms with Crippen LogP contribution in [0, 0.1) is 5.92 Å². The van der Waals surface area contributed by atoms with Crippen LogP contribution < -0.4 is 16.0 Å². The number of carbonyl (C=O) groups is 3. The van der Waals surface area contributed by atoms with E-state index in [-0.39, 0.29) is 35.9 Å². The number of nitrogens with zero attached hydrogens (tertiary/aromatic N) is 3. The largest absolute Gasteiger partial charge is 0.351 e. The lowest BCUT2D eigenvalue weighted by molar-refractivity contribution is -0.138. The van der Waals surface area contributed by atoms with Crippen molar-refractivity contribution in [2.45, 2.75) is 69.5 Å². The fourth-order valence-corrected chi connectivity index (χ4v) is 6.97. The van der Waals surface area contributed by atoms with Gasteiger partial charge in [-0.2, -0.15) is 0 Å². The van der Waals surface area contributed by atoms with Crippen molar-refractivity contribution in [2.75, 3.05) is 31.6 Å². The zero-order valence-corrected chi connectivity index (χ0v) is 23.3. The van der Waals surface area contributed by atoms with E-state index in [1.807, 2.05) is 73.2 Å². The molecule has 3 heterocycles. The number of nitrogens with two attached hydrogens (primary N) is 1. The summed E-state index contributed by atoms with van der Waals surface area (Å²) in [5.74, 6) is -0.146. The number of piperidine rings is 1. The molecule has 0 saturated carbocycles. The Morgan fingerprint density at radius 1 is 1.00 bits per heavy atom. The van der Waals surface area contributed by atoms with Crippen LogP contribution in [0.15, 0.2) is 54.6 Å². The monoisotopic (exact) mass is 531 g/mol. The first kappa shape index (κ1) is 27.2. The van der Waals surface area contributed by atoms with Crippen molar-refractivity contribution in [3.63, 3.8) is 0 Å². The van der Waals surface area contributed by atoms with Gasteiger partial charge in [-0.15, -0.1) is 0 Å². The van der Waals surface area contributed by atoms with Crippen LogP contribution in [-0.2, 0) is 21.4 Å². The number of anilines is 1. The lowest BCUT2D eigenvalue weighted by Gasteiger charge is -2.41. The second-order valence-electron chi connectivity index (χ2n) is 11.7. The highest BCUT2D eigenvalue weighted by molar-refractivity contribution is 6.08. The van der Waals surface area contributed by atoms with Crippen LogP contribution in [0.5, 0.6) is 0 Å². The summed E-state index contributed by atoms with van der Waals surface area (Å²) in [5.41, 5.74) is 8.48. The molecule has 2 aromatic carbocycles. The summed E-state index contributed by atoms with van der Waals surface area (Å²) in [6.07, 6.45) is 3.62. The smallest absolute Gasteiger partial charge is 0.315 e. The molecule has 0 spiro atoms. The summed E-state index contributed by atoms with van der Waals surface area (Å²) < 4.78 is 0. The number of para-hydroxylation sites is 1. The maximum Gasteiger partial charge on any atom is 0.315 e. The van der Waals surface area contributed by atoms with Crippen LogP contribution in [0.1, 0.15) is 50.7 Å². The molecule has 0 aliphatic carbocycles. The number of primary amides is 1. The second-order valence-corrected chi connectivity index (χ2v) is 11.7. The van der Waals surface area contributed by atoms with Crippen LogP contribution in [0.4, 0.5) is 10.5 Å². The molecule has 2 fully saturated rings. The Kier molecular flexibility index (Phi) is 7.67. The van der Waals surface area contributed by atoms with Gasteiger partial charge in [0.15, 0.2) is 0 Å². The van der Waals surface area contributed by atoms with Crippen molar-refractivity contribution in [3.8, 4) is 0 Å². The Morgan fingerprint density at radius 2 is 1.67 bits per heavy atom. The van der Waals surface area contributed by atoms with E-state index in [1.54, 1.807) is 4.90 Å². The number of amides is 4. The molecule has 8 nitrogen and oxygen atoms in total. The molecule has 8 heteroatoms. The number of nitrogens with one attached hydrogen (secondary N) is 1. The van der Waals surface area contributed by atoms with Crippen molar-refractivity contribution < 1.29 is 14.4 Å². The molecule has 4 amide bonds. The van der Waals surface area contributed by atoms with Crippen LogP contribution in [-0.4, -0.2) is 72.5 Å². The Bertz CT molecular complexity index is 1210. The number of benzene rings is 2. The Balaban J connectivity index is 1.33. The number of carbonyl (C=O) groups excluding carboxylic acids is 3. The molecule has 5 rings (SSSR count). The number of aryl methyl sites for hydroxylation is 1. The summed E-state index contributed by atoms with van der Waals surface area (Å²) in [7, 11) is 1.89. The Labute approximate surface area is 231 Å². The van der Waals surface area contributed by atoms with Crippen LogP contribution in [0.3, 0.4) is 0 Å². The third-order valence-corrected chi connectivity index (χ3v) is 9.16. The fourth-order valence-electron chi connectivity index (χ4n) is 6.97. The molecular formula is C31H41N5O3. The van der Waals surface area contributed by atoms with Gasteiger partial charge < -0.3 is 25.8 Å². The Hall–Kier alpha value is -3.39. The molecule has 39 heavy (non-hydrogen) atoms. The minimum Gasteiger partial charge on any atom is -0.351 e. The standard InChI is InChI=1S/C31H41N5O3/c1-31(2)24-11-7-8-12-26(24)36(29(31)38)22-15-18-34(19-16-22)28(37)23(14-13-21-9-5-4-6-10-21)27-25(33-3)17-20-35(27)30(32)39/h4-12,22-23,25,27,33H,13-20H2,1-3H3,(H2,32,39)/t23-,25?,27?/m1/s1. The zero-order valence-electron chi connectivity index (χ0n) is 23.3. The number of likely N-dealkylation sites (tertiary alicyclic amines) is 2. The van der Waals surface area contributed by atoms with Gasteiger partial charge in [-0.3, -0.25) is 9.59 Å². The lowest BCUT2D eigenvalue weighted by Crippen LogP contribution is -2.56. The highest BCUT2D eigenvalue weighted by Gasteiger charge is 2.48. The molecule has 0 radical (unpaired) electrons. The third-order valence-electron chi connectivity index (χ3n) is 9.16. The van der Waals surface area contributed by atoms with E-state index < -0.39 is 11.4 Å². The van der Waals surface area contributed by atoms with Crippen molar-refractivity contribution in [1.82, 2.24) is 15.1 Å². The topological polar surface area (TPSA) is 99.0 Å². The summed E-state index contributed by atoms with van der Waals surface area (Å²) in [5, 5.41) is 3.34. The Morgan fingerprint density at radius 3 is 2.33 bits per heavy atom. The predicted molar refractivity (Wildman–Crippen MR) is 152 cm³/mol. The average molecular weight is 532 g/mol. The SMILES string of the molecule is CNC1CCN(C(N)=O)C1[C@@H](CCc1ccccc1)C(=O)N1CCC(N2C(=O)C(C)(C)c3ccccc32)CC1. The van der Waals surface area contributed by atoms with Gasteiger partial charge in [0.2, 0.25) is 11.8 Å². The summed E-state index contributed by atoms with van der Waals surface area (Å²) >= 11 is 0. The van der Waals surface area contributed by atoms with Crippen LogP contribution in [0.25, 0.3) is 0 Å². The molecule has 0 bridgehead atoms. The molecule has 208 valence electrons. The van der Waals surface area contributed by atoms with Gasteiger partial charge in [0.25, 0.3) is 0 Å². The zero-order chi connectivity index (χ0) is 27.7. The molecule has 3 aliphatic rings.